The second-order valence-corrected chi connectivity index (χ2v) is 5.31. The summed E-state index contributed by atoms with van der Waals surface area (Å²) in [5, 5.41) is 3.43. The quantitative estimate of drug-likeness (QED) is 0.803. The second kappa shape index (κ2) is 7.41. The smallest absolute Gasteiger partial charge is 0.233 e. The monoisotopic (exact) mass is 269 g/mol. The van der Waals surface area contributed by atoms with Gasteiger partial charge in [-0.25, -0.2) is 0 Å². The third kappa shape index (κ3) is 4.84. The van der Waals surface area contributed by atoms with E-state index in [0.29, 0.717) is 6.54 Å². The Morgan fingerprint density at radius 1 is 1.59 bits per heavy atom. The fourth-order valence-electron chi connectivity index (χ4n) is 1.22. The lowest BCUT2D eigenvalue weighted by Gasteiger charge is -2.11. The molecule has 1 N–H and O–H groups in total. The van der Waals surface area contributed by atoms with Gasteiger partial charge in [0.2, 0.25) is 5.91 Å². The van der Waals surface area contributed by atoms with Gasteiger partial charge in [0.1, 0.15) is 0 Å². The molecule has 0 aromatic heterocycles. The molecule has 0 aliphatic rings. The molecule has 0 saturated carbocycles. The van der Waals surface area contributed by atoms with Crippen LogP contribution in [0.2, 0.25) is 5.02 Å². The molecule has 1 rings (SSSR count). The van der Waals surface area contributed by atoms with Crippen molar-refractivity contribution in [2.24, 2.45) is 0 Å². The first kappa shape index (κ1) is 14.1. The number of benzene rings is 1. The Hall–Kier alpha value is -0.930. The normalized spacial score (nSPS) is 11.9. The molecular formula is C13H16ClNOS. The van der Waals surface area contributed by atoms with Crippen molar-refractivity contribution in [3.8, 4) is 0 Å². The molecule has 0 saturated heterocycles. The highest BCUT2D eigenvalue weighted by molar-refractivity contribution is 7.99. The zero-order chi connectivity index (χ0) is 12.7. The fourth-order valence-corrected chi connectivity index (χ4v) is 2.42. The lowest BCUT2D eigenvalue weighted by Crippen LogP contribution is -2.30. The molecule has 4 heteroatoms. The maximum atomic E-state index is 11.6. The molecule has 0 bridgehead atoms. The van der Waals surface area contributed by atoms with E-state index in [1.54, 1.807) is 17.8 Å². The first-order valence-electron chi connectivity index (χ1n) is 5.38. The van der Waals surface area contributed by atoms with E-state index < -0.39 is 0 Å². The predicted octanol–water partition coefficient (Wildman–Crippen LogP) is 3.26. The molecule has 1 aromatic rings. The largest absolute Gasteiger partial charge is 0.352 e. The zero-order valence-electron chi connectivity index (χ0n) is 9.78. The molecule has 1 amide bonds. The Morgan fingerprint density at radius 2 is 2.29 bits per heavy atom. The minimum Gasteiger partial charge on any atom is -0.352 e. The van der Waals surface area contributed by atoms with Gasteiger partial charge in [0.15, 0.2) is 0 Å². The number of thioether (sulfide) groups is 1. The van der Waals surface area contributed by atoms with E-state index in [0.717, 1.165) is 16.3 Å². The van der Waals surface area contributed by atoms with Crippen LogP contribution < -0.4 is 5.32 Å². The van der Waals surface area contributed by atoms with Crippen LogP contribution in [-0.4, -0.2) is 17.7 Å². The number of nitrogens with one attached hydrogen (secondary N) is 1. The topological polar surface area (TPSA) is 29.1 Å². The van der Waals surface area contributed by atoms with Crippen molar-refractivity contribution in [1.29, 1.82) is 0 Å². The van der Waals surface area contributed by atoms with Crippen LogP contribution in [0.4, 0.5) is 0 Å². The van der Waals surface area contributed by atoms with Crippen LogP contribution in [0, 0.1) is 0 Å². The highest BCUT2D eigenvalue weighted by atomic mass is 35.5. The molecule has 0 heterocycles. The van der Waals surface area contributed by atoms with Crippen LogP contribution in [0.5, 0.6) is 0 Å². The second-order valence-electron chi connectivity index (χ2n) is 3.58. The zero-order valence-corrected chi connectivity index (χ0v) is 11.4. The minimum atomic E-state index is -0.0915. The molecule has 1 atom stereocenters. The lowest BCUT2D eigenvalue weighted by molar-refractivity contribution is -0.120. The highest BCUT2D eigenvalue weighted by Crippen LogP contribution is 2.23. The predicted molar refractivity (Wildman–Crippen MR) is 75.4 cm³/mol. The van der Waals surface area contributed by atoms with Crippen molar-refractivity contribution in [3.63, 3.8) is 0 Å². The van der Waals surface area contributed by atoms with Crippen molar-refractivity contribution in [3.05, 3.63) is 47.5 Å². The van der Waals surface area contributed by atoms with Crippen LogP contribution in [0.3, 0.4) is 0 Å². The maximum absolute atomic E-state index is 11.6. The SMILES string of the molecule is C=CCNC(=O)C(C)SCc1ccccc1Cl. The Morgan fingerprint density at radius 3 is 2.94 bits per heavy atom. The van der Waals surface area contributed by atoms with Gasteiger partial charge in [-0.2, -0.15) is 0 Å². The Labute approximate surface area is 111 Å². The number of carbonyl (C=O) groups excluding carboxylic acids is 1. The first-order chi connectivity index (χ1) is 8.15. The number of amides is 1. The first-order valence-corrected chi connectivity index (χ1v) is 6.81. The molecule has 0 radical (unpaired) electrons. The van der Waals surface area contributed by atoms with Gasteiger partial charge in [-0.15, -0.1) is 18.3 Å². The van der Waals surface area contributed by atoms with E-state index in [9.17, 15) is 4.79 Å². The van der Waals surface area contributed by atoms with Crippen LogP contribution in [0.25, 0.3) is 0 Å². The molecule has 2 nitrogen and oxygen atoms in total. The van der Waals surface area contributed by atoms with Gasteiger partial charge in [-0.1, -0.05) is 35.9 Å². The molecular weight excluding hydrogens is 254 g/mol. The van der Waals surface area contributed by atoms with Gasteiger partial charge in [-0.3, -0.25) is 4.79 Å². The average molecular weight is 270 g/mol. The summed E-state index contributed by atoms with van der Waals surface area (Å²) in [6.07, 6.45) is 1.67. The van der Waals surface area contributed by atoms with E-state index in [1.807, 2.05) is 31.2 Å². The lowest BCUT2D eigenvalue weighted by atomic mass is 10.2. The molecule has 92 valence electrons. The molecule has 0 aliphatic heterocycles. The number of rotatable bonds is 6. The van der Waals surface area contributed by atoms with Crippen LogP contribution >= 0.6 is 23.4 Å². The number of halogens is 1. The third-order valence-corrected chi connectivity index (χ3v) is 3.80. The van der Waals surface area contributed by atoms with Crippen molar-refractivity contribution in [1.82, 2.24) is 5.32 Å². The van der Waals surface area contributed by atoms with Gasteiger partial charge < -0.3 is 5.32 Å². The van der Waals surface area contributed by atoms with Gasteiger partial charge in [0, 0.05) is 17.3 Å². The molecule has 1 aromatic carbocycles. The van der Waals surface area contributed by atoms with E-state index in [2.05, 4.69) is 11.9 Å². The molecule has 0 fully saturated rings. The Bertz CT molecular complexity index is 395. The minimum absolute atomic E-state index is 0.0296. The average Bonchev–Trinajstić information content (AvgIpc) is 2.34. The summed E-state index contributed by atoms with van der Waals surface area (Å²) in [7, 11) is 0. The third-order valence-electron chi connectivity index (χ3n) is 2.24. The van der Waals surface area contributed by atoms with Gasteiger partial charge >= 0.3 is 0 Å². The summed E-state index contributed by atoms with van der Waals surface area (Å²) in [6.45, 7) is 5.96. The Kier molecular flexibility index (Phi) is 6.16. The number of hydrogen-bond acceptors (Lipinski definition) is 2. The highest BCUT2D eigenvalue weighted by Gasteiger charge is 2.12. The summed E-state index contributed by atoms with van der Waals surface area (Å²) in [4.78, 5) is 11.6. The number of carbonyl (C=O) groups is 1. The number of hydrogen-bond donors (Lipinski definition) is 1. The van der Waals surface area contributed by atoms with Crippen molar-refractivity contribution in [2.75, 3.05) is 6.54 Å². The van der Waals surface area contributed by atoms with Crippen LogP contribution in [-0.2, 0) is 10.5 Å². The molecule has 1 unspecified atom stereocenters. The summed E-state index contributed by atoms with van der Waals surface area (Å²) in [5.74, 6) is 0.768. The van der Waals surface area contributed by atoms with Crippen LogP contribution in [0.15, 0.2) is 36.9 Å². The van der Waals surface area contributed by atoms with Gasteiger partial charge in [-0.05, 0) is 18.6 Å². The van der Waals surface area contributed by atoms with Gasteiger partial charge in [0.05, 0.1) is 5.25 Å². The summed E-state index contributed by atoms with van der Waals surface area (Å²) in [5.41, 5.74) is 1.06. The van der Waals surface area contributed by atoms with E-state index in [1.165, 1.54) is 0 Å². The summed E-state index contributed by atoms with van der Waals surface area (Å²) in [6, 6.07) is 7.69. The standard InChI is InChI=1S/C13H16ClNOS/c1-3-8-15-13(16)10(2)17-9-11-6-4-5-7-12(11)14/h3-7,10H,1,8-9H2,2H3,(H,15,16). The van der Waals surface area contributed by atoms with Gasteiger partial charge in [0.25, 0.3) is 0 Å². The maximum Gasteiger partial charge on any atom is 0.233 e. The van der Waals surface area contributed by atoms with E-state index in [4.69, 9.17) is 11.6 Å². The van der Waals surface area contributed by atoms with Crippen molar-refractivity contribution >= 4 is 29.3 Å². The molecule has 0 aliphatic carbocycles. The summed E-state index contributed by atoms with van der Waals surface area (Å²) >= 11 is 7.62. The fraction of sp³-hybridized carbons (Fsp3) is 0.308. The molecule has 0 spiro atoms. The Balaban J connectivity index is 2.42. The molecule has 17 heavy (non-hydrogen) atoms. The van der Waals surface area contributed by atoms with Crippen molar-refractivity contribution < 1.29 is 4.79 Å². The van der Waals surface area contributed by atoms with E-state index >= 15 is 0 Å². The van der Waals surface area contributed by atoms with E-state index in [-0.39, 0.29) is 11.2 Å². The van der Waals surface area contributed by atoms with Crippen LogP contribution in [0.1, 0.15) is 12.5 Å². The van der Waals surface area contributed by atoms with Crippen molar-refractivity contribution in [2.45, 2.75) is 17.9 Å². The summed E-state index contributed by atoms with van der Waals surface area (Å²) < 4.78 is 0.